The van der Waals surface area contributed by atoms with Gasteiger partial charge in [-0.05, 0) is 22.3 Å². The van der Waals surface area contributed by atoms with E-state index in [2.05, 4.69) is 0 Å². The molecule has 0 radical (unpaired) electrons. The molecule has 2 aromatic carbocycles. The zero-order valence-corrected chi connectivity index (χ0v) is 20.8. The van der Waals surface area contributed by atoms with Gasteiger partial charge in [0, 0.05) is 11.5 Å². The minimum Gasteiger partial charge on any atom is -0.394 e. The summed E-state index contributed by atoms with van der Waals surface area (Å²) >= 11 is 1.68. The highest BCUT2D eigenvalue weighted by Crippen LogP contribution is 2.34. The monoisotopic (exact) mass is 538 g/mol. The highest BCUT2D eigenvalue weighted by atomic mass is 32.2. The molecule has 0 spiro atoms. The average Bonchev–Trinajstić information content (AvgIpc) is 2.92. The van der Waals surface area contributed by atoms with Crippen LogP contribution in [0, 0.1) is 0 Å². The Kier molecular flexibility index (Phi) is 9.59. The fourth-order valence-electron chi connectivity index (χ4n) is 4.65. The van der Waals surface area contributed by atoms with Crippen molar-refractivity contribution in [3.05, 3.63) is 70.8 Å². The second-order valence-corrected chi connectivity index (χ2v) is 10.5. The van der Waals surface area contributed by atoms with Crippen LogP contribution in [0.1, 0.15) is 34.5 Å². The minimum atomic E-state index is -1.42. The number of ether oxygens (including phenoxy) is 2. The van der Waals surface area contributed by atoms with Crippen molar-refractivity contribution in [2.75, 3.05) is 13.2 Å². The molecule has 37 heavy (non-hydrogen) atoms. The van der Waals surface area contributed by atoms with Gasteiger partial charge in [-0.15, -0.1) is 0 Å². The maximum Gasteiger partial charge on any atom is 0.113 e. The van der Waals surface area contributed by atoms with E-state index in [0.717, 1.165) is 11.1 Å². The predicted octanol–water partition coefficient (Wildman–Crippen LogP) is -0.850. The smallest absolute Gasteiger partial charge is 0.113 e. The summed E-state index contributed by atoms with van der Waals surface area (Å²) < 4.78 is 11.2. The van der Waals surface area contributed by atoms with E-state index in [1.165, 1.54) is 0 Å². The number of thioether (sulfide) groups is 1. The first-order valence-electron chi connectivity index (χ1n) is 12.1. The van der Waals surface area contributed by atoms with Gasteiger partial charge >= 0.3 is 0 Å². The lowest BCUT2D eigenvalue weighted by Gasteiger charge is -2.40. The number of aliphatic hydroxyl groups excluding tert-OH is 8. The van der Waals surface area contributed by atoms with Gasteiger partial charge in [0.1, 0.15) is 61.0 Å². The van der Waals surface area contributed by atoms with Crippen LogP contribution in [0.4, 0.5) is 0 Å². The Morgan fingerprint density at radius 1 is 0.514 bits per heavy atom. The molecule has 0 aromatic heterocycles. The molecule has 2 aromatic rings. The number of rotatable bonds is 8. The number of benzene rings is 2. The normalized spacial score (nSPS) is 36.4. The zero-order valence-electron chi connectivity index (χ0n) is 20.0. The van der Waals surface area contributed by atoms with Crippen LogP contribution in [-0.2, 0) is 21.0 Å². The second-order valence-electron chi connectivity index (χ2n) is 9.47. The molecule has 0 unspecified atom stereocenters. The Bertz CT molecular complexity index is 906. The molecular formula is C26H34O10S. The number of hydrogen-bond acceptors (Lipinski definition) is 11. The third-order valence-electron chi connectivity index (χ3n) is 6.94. The van der Waals surface area contributed by atoms with Gasteiger partial charge in [-0.2, -0.15) is 11.8 Å². The van der Waals surface area contributed by atoms with Crippen LogP contribution in [0.5, 0.6) is 0 Å². The van der Waals surface area contributed by atoms with Gasteiger partial charge in [-0.25, -0.2) is 0 Å². The lowest BCUT2D eigenvalue weighted by atomic mass is 9.91. The van der Waals surface area contributed by atoms with Gasteiger partial charge in [0.05, 0.1) is 13.2 Å². The van der Waals surface area contributed by atoms with Crippen LogP contribution in [0.25, 0.3) is 0 Å². The third kappa shape index (κ3) is 6.18. The van der Waals surface area contributed by atoms with Gasteiger partial charge < -0.3 is 50.3 Å². The fraction of sp³-hybridized carbons (Fsp3) is 0.538. The molecule has 4 rings (SSSR count). The van der Waals surface area contributed by atoms with Crippen molar-refractivity contribution in [2.24, 2.45) is 0 Å². The third-order valence-corrected chi connectivity index (χ3v) is 8.01. The summed E-state index contributed by atoms with van der Waals surface area (Å²) in [5.41, 5.74) is 3.34. The molecule has 11 heteroatoms. The Morgan fingerprint density at radius 3 is 1.19 bits per heavy atom. The largest absolute Gasteiger partial charge is 0.394 e. The van der Waals surface area contributed by atoms with Crippen LogP contribution in [0.3, 0.4) is 0 Å². The molecule has 2 saturated heterocycles. The van der Waals surface area contributed by atoms with Crippen molar-refractivity contribution >= 4 is 11.8 Å². The summed E-state index contributed by atoms with van der Waals surface area (Å²) in [4.78, 5) is 0. The minimum absolute atomic E-state index is 0.473. The molecule has 0 saturated carbocycles. The van der Waals surface area contributed by atoms with E-state index >= 15 is 0 Å². The van der Waals surface area contributed by atoms with Crippen molar-refractivity contribution in [3.63, 3.8) is 0 Å². The standard InChI is InChI=1S/C26H34O10S/c27-9-17-19(29)21(31)23(33)25(35-17)15-5-1-13(2-6-15)11-37-12-14-3-7-16(8-4-14)26-24(34)22(32)20(30)18(10-28)36-26/h1-8,17-34H,9-12H2/t17-,18-,19+,20+,21+,22+,23-,24-,25+,26+/m1/s1. The zero-order chi connectivity index (χ0) is 26.7. The van der Waals surface area contributed by atoms with Gasteiger partial charge in [-0.1, -0.05) is 48.5 Å². The molecule has 10 nitrogen and oxygen atoms in total. The number of aliphatic hydroxyl groups is 8. The maximum absolute atomic E-state index is 10.3. The Morgan fingerprint density at radius 2 is 0.865 bits per heavy atom. The lowest BCUT2D eigenvalue weighted by Crippen LogP contribution is -2.55. The molecule has 0 bridgehead atoms. The van der Waals surface area contributed by atoms with Gasteiger partial charge in [0.25, 0.3) is 0 Å². The SMILES string of the molecule is OC[C@H]1O[C@@H](c2ccc(CSCc3ccc([C@@H]4O[C@H](CO)[C@H](O)[C@H](O)[C@H]4O)cc3)cc2)[C@H](O)[C@@H](O)[C@H]1O. The maximum atomic E-state index is 10.3. The summed E-state index contributed by atoms with van der Waals surface area (Å²) in [6, 6.07) is 14.7. The molecular weight excluding hydrogens is 504 g/mol. The van der Waals surface area contributed by atoms with Crippen molar-refractivity contribution in [1.82, 2.24) is 0 Å². The van der Waals surface area contributed by atoms with Gasteiger partial charge in [-0.3, -0.25) is 0 Å². The number of hydrogen-bond donors (Lipinski definition) is 8. The highest BCUT2D eigenvalue weighted by Gasteiger charge is 2.45. The summed E-state index contributed by atoms with van der Waals surface area (Å²) in [5, 5.41) is 79.3. The summed E-state index contributed by atoms with van der Waals surface area (Å²) in [6.45, 7) is -0.945. The lowest BCUT2D eigenvalue weighted by molar-refractivity contribution is -0.231. The van der Waals surface area contributed by atoms with Crippen molar-refractivity contribution in [1.29, 1.82) is 0 Å². The van der Waals surface area contributed by atoms with Crippen LogP contribution in [0.2, 0.25) is 0 Å². The fourth-order valence-corrected chi connectivity index (χ4v) is 5.61. The first-order valence-corrected chi connectivity index (χ1v) is 13.3. The van der Waals surface area contributed by atoms with E-state index in [4.69, 9.17) is 9.47 Å². The van der Waals surface area contributed by atoms with Crippen LogP contribution in [0.15, 0.2) is 48.5 Å². The Hall–Kier alpha value is -1.61. The summed E-state index contributed by atoms with van der Waals surface area (Å²) in [5.74, 6) is 1.42. The van der Waals surface area contributed by atoms with Crippen molar-refractivity contribution in [2.45, 2.75) is 72.5 Å². The molecule has 0 aliphatic carbocycles. The highest BCUT2D eigenvalue weighted by molar-refractivity contribution is 7.97. The van der Waals surface area contributed by atoms with Gasteiger partial charge in [0.2, 0.25) is 0 Å². The molecule has 10 atom stereocenters. The topological polar surface area (TPSA) is 180 Å². The summed E-state index contributed by atoms with van der Waals surface area (Å²) in [7, 11) is 0. The molecule has 8 N–H and O–H groups in total. The Balaban J connectivity index is 1.30. The first-order chi connectivity index (χ1) is 17.7. The average molecular weight is 539 g/mol. The molecule has 2 aliphatic heterocycles. The second kappa shape index (κ2) is 12.5. The van der Waals surface area contributed by atoms with Crippen LogP contribution < -0.4 is 0 Å². The quantitative estimate of drug-likeness (QED) is 0.210. The molecule has 2 fully saturated rings. The van der Waals surface area contributed by atoms with E-state index in [0.29, 0.717) is 22.6 Å². The Labute approximate surface area is 218 Å². The van der Waals surface area contributed by atoms with E-state index in [9.17, 15) is 40.9 Å². The summed E-state index contributed by atoms with van der Waals surface area (Å²) in [6.07, 6.45) is -11.9. The van der Waals surface area contributed by atoms with Crippen LogP contribution in [-0.4, -0.2) is 103 Å². The molecule has 0 amide bonds. The molecule has 204 valence electrons. The van der Waals surface area contributed by atoms with Gasteiger partial charge in [0.15, 0.2) is 0 Å². The molecule has 2 aliphatic rings. The van der Waals surface area contributed by atoms with E-state index in [1.807, 2.05) is 24.3 Å². The van der Waals surface area contributed by atoms with Crippen LogP contribution >= 0.6 is 11.8 Å². The first kappa shape index (κ1) is 28.4. The van der Waals surface area contributed by atoms with Crippen molar-refractivity contribution in [3.8, 4) is 0 Å². The van der Waals surface area contributed by atoms with E-state index in [-0.39, 0.29) is 0 Å². The van der Waals surface area contributed by atoms with E-state index in [1.54, 1.807) is 36.0 Å². The predicted molar refractivity (Wildman–Crippen MR) is 133 cm³/mol. The van der Waals surface area contributed by atoms with E-state index < -0.39 is 74.3 Å². The molecule has 2 heterocycles. The van der Waals surface area contributed by atoms with Crippen molar-refractivity contribution < 1.29 is 50.3 Å².